The molecule has 0 atom stereocenters. The molecule has 0 heterocycles. The standard InChI is InChI=1S/C13H23NO3/c1-13(2,3)17-12(16)14(4)9-11(15)8-7-10-5-6-10/h10H,5-9H2,1-4H3. The molecule has 0 aliphatic heterocycles. The highest BCUT2D eigenvalue weighted by Gasteiger charge is 2.24. The number of amides is 1. The van der Waals surface area contributed by atoms with E-state index in [-0.39, 0.29) is 12.3 Å². The van der Waals surface area contributed by atoms with Gasteiger partial charge in [0.25, 0.3) is 0 Å². The predicted octanol–water partition coefficient (Wildman–Crippen LogP) is 2.61. The van der Waals surface area contributed by atoms with Crippen molar-refractivity contribution in [2.75, 3.05) is 13.6 Å². The topological polar surface area (TPSA) is 46.6 Å². The maximum absolute atomic E-state index is 11.6. The van der Waals surface area contributed by atoms with Crippen LogP contribution in [0.3, 0.4) is 0 Å². The lowest BCUT2D eigenvalue weighted by atomic mass is 10.1. The second kappa shape index (κ2) is 5.52. The summed E-state index contributed by atoms with van der Waals surface area (Å²) in [7, 11) is 1.60. The van der Waals surface area contributed by atoms with Crippen LogP contribution in [-0.4, -0.2) is 36.0 Å². The van der Waals surface area contributed by atoms with E-state index in [4.69, 9.17) is 4.74 Å². The Morgan fingerprint density at radius 1 is 1.29 bits per heavy atom. The molecule has 1 fully saturated rings. The molecule has 1 amide bonds. The molecule has 0 bridgehead atoms. The van der Waals surface area contributed by atoms with Crippen molar-refractivity contribution in [2.24, 2.45) is 5.92 Å². The number of hydrogen-bond acceptors (Lipinski definition) is 3. The Morgan fingerprint density at radius 3 is 2.35 bits per heavy atom. The molecular formula is C13H23NO3. The van der Waals surface area contributed by atoms with Crippen molar-refractivity contribution in [3.63, 3.8) is 0 Å². The zero-order chi connectivity index (χ0) is 13.1. The Kier molecular flexibility index (Phi) is 4.54. The predicted molar refractivity (Wildman–Crippen MR) is 65.8 cm³/mol. The van der Waals surface area contributed by atoms with E-state index in [1.54, 1.807) is 7.05 Å². The highest BCUT2D eigenvalue weighted by molar-refractivity contribution is 5.83. The number of carbonyl (C=O) groups excluding carboxylic acids is 2. The Morgan fingerprint density at radius 2 is 1.88 bits per heavy atom. The monoisotopic (exact) mass is 241 g/mol. The average molecular weight is 241 g/mol. The van der Waals surface area contributed by atoms with Crippen LogP contribution in [0, 0.1) is 5.92 Å². The van der Waals surface area contributed by atoms with Crippen molar-refractivity contribution in [2.45, 2.75) is 52.1 Å². The molecule has 17 heavy (non-hydrogen) atoms. The van der Waals surface area contributed by atoms with Gasteiger partial charge in [-0.3, -0.25) is 4.79 Å². The first-order valence-corrected chi connectivity index (χ1v) is 6.24. The van der Waals surface area contributed by atoms with Gasteiger partial charge in [0, 0.05) is 13.5 Å². The van der Waals surface area contributed by atoms with Crippen LogP contribution in [0.2, 0.25) is 0 Å². The molecule has 0 radical (unpaired) electrons. The molecular weight excluding hydrogens is 218 g/mol. The fourth-order valence-corrected chi connectivity index (χ4v) is 1.52. The van der Waals surface area contributed by atoms with Gasteiger partial charge in [-0.2, -0.15) is 0 Å². The maximum Gasteiger partial charge on any atom is 0.410 e. The molecule has 0 aromatic rings. The Balaban J connectivity index is 2.23. The van der Waals surface area contributed by atoms with Crippen LogP contribution >= 0.6 is 0 Å². The van der Waals surface area contributed by atoms with E-state index in [2.05, 4.69) is 0 Å². The summed E-state index contributed by atoms with van der Waals surface area (Å²) in [6.07, 6.45) is 3.64. The average Bonchev–Trinajstić information content (AvgIpc) is 2.95. The molecule has 98 valence electrons. The summed E-state index contributed by atoms with van der Waals surface area (Å²) < 4.78 is 5.17. The van der Waals surface area contributed by atoms with Crippen LogP contribution in [0.15, 0.2) is 0 Å². The highest BCUT2D eigenvalue weighted by atomic mass is 16.6. The molecule has 0 unspecified atom stereocenters. The molecule has 1 saturated carbocycles. The fourth-order valence-electron chi connectivity index (χ4n) is 1.52. The first-order chi connectivity index (χ1) is 7.78. The molecule has 0 aromatic heterocycles. The summed E-state index contributed by atoms with van der Waals surface area (Å²) in [5.41, 5.74) is -0.512. The van der Waals surface area contributed by atoms with Crippen LogP contribution < -0.4 is 0 Å². The van der Waals surface area contributed by atoms with Gasteiger partial charge < -0.3 is 9.64 Å². The number of likely N-dealkylation sites (N-methyl/N-ethyl adjacent to an activating group) is 1. The molecule has 1 rings (SSSR count). The minimum absolute atomic E-state index is 0.116. The smallest absolute Gasteiger partial charge is 0.410 e. The van der Waals surface area contributed by atoms with Gasteiger partial charge in [0.2, 0.25) is 0 Å². The second-order valence-electron chi connectivity index (χ2n) is 5.86. The van der Waals surface area contributed by atoms with Crippen LogP contribution in [0.5, 0.6) is 0 Å². The summed E-state index contributed by atoms with van der Waals surface area (Å²) in [5.74, 6) is 0.871. The first kappa shape index (κ1) is 14.0. The summed E-state index contributed by atoms with van der Waals surface area (Å²) in [4.78, 5) is 24.6. The third-order valence-electron chi connectivity index (χ3n) is 2.65. The molecule has 4 nitrogen and oxygen atoms in total. The van der Waals surface area contributed by atoms with Crippen molar-refractivity contribution >= 4 is 11.9 Å². The number of Topliss-reactive ketones (excluding diaryl/α,β-unsaturated/α-hetero) is 1. The van der Waals surface area contributed by atoms with Crippen molar-refractivity contribution in [1.82, 2.24) is 4.90 Å². The van der Waals surface area contributed by atoms with E-state index < -0.39 is 11.7 Å². The highest BCUT2D eigenvalue weighted by Crippen LogP contribution is 2.33. The van der Waals surface area contributed by atoms with Gasteiger partial charge in [0.15, 0.2) is 5.78 Å². The van der Waals surface area contributed by atoms with Crippen LogP contribution in [0.1, 0.15) is 46.5 Å². The Bertz CT molecular complexity index is 290. The Hall–Kier alpha value is -1.06. The summed E-state index contributed by atoms with van der Waals surface area (Å²) in [6.45, 7) is 5.59. The van der Waals surface area contributed by atoms with Gasteiger partial charge in [-0.1, -0.05) is 12.8 Å². The summed E-state index contributed by atoms with van der Waals surface area (Å²) in [6, 6.07) is 0. The van der Waals surface area contributed by atoms with Crippen molar-refractivity contribution in [3.8, 4) is 0 Å². The van der Waals surface area contributed by atoms with Crippen LogP contribution in [0.25, 0.3) is 0 Å². The first-order valence-electron chi connectivity index (χ1n) is 6.24. The number of rotatable bonds is 5. The van der Waals surface area contributed by atoms with E-state index >= 15 is 0 Å². The van der Waals surface area contributed by atoms with Gasteiger partial charge in [-0.15, -0.1) is 0 Å². The number of ketones is 1. The van der Waals surface area contributed by atoms with Gasteiger partial charge in [0.1, 0.15) is 5.60 Å². The molecule has 0 aromatic carbocycles. The summed E-state index contributed by atoms with van der Waals surface area (Å²) in [5, 5.41) is 0. The number of ether oxygens (including phenoxy) is 1. The summed E-state index contributed by atoms with van der Waals surface area (Å²) >= 11 is 0. The van der Waals surface area contributed by atoms with Gasteiger partial charge in [-0.25, -0.2) is 4.79 Å². The van der Waals surface area contributed by atoms with Gasteiger partial charge in [0.05, 0.1) is 6.54 Å². The zero-order valence-electron chi connectivity index (χ0n) is 11.3. The van der Waals surface area contributed by atoms with E-state index in [9.17, 15) is 9.59 Å². The lowest BCUT2D eigenvalue weighted by molar-refractivity contribution is -0.120. The molecule has 0 N–H and O–H groups in total. The lowest BCUT2D eigenvalue weighted by Gasteiger charge is -2.24. The maximum atomic E-state index is 11.6. The van der Waals surface area contributed by atoms with E-state index in [0.717, 1.165) is 12.3 Å². The minimum Gasteiger partial charge on any atom is -0.444 e. The van der Waals surface area contributed by atoms with E-state index in [0.29, 0.717) is 6.42 Å². The van der Waals surface area contributed by atoms with E-state index in [1.165, 1.54) is 17.7 Å². The normalized spacial score (nSPS) is 15.5. The van der Waals surface area contributed by atoms with Crippen molar-refractivity contribution in [3.05, 3.63) is 0 Å². The molecule has 0 spiro atoms. The molecule has 1 aliphatic carbocycles. The minimum atomic E-state index is -0.512. The lowest BCUT2D eigenvalue weighted by Crippen LogP contribution is -2.37. The number of hydrogen-bond donors (Lipinski definition) is 0. The largest absolute Gasteiger partial charge is 0.444 e. The Labute approximate surface area is 103 Å². The third-order valence-corrected chi connectivity index (χ3v) is 2.65. The van der Waals surface area contributed by atoms with Crippen molar-refractivity contribution in [1.29, 1.82) is 0 Å². The van der Waals surface area contributed by atoms with Gasteiger partial charge in [-0.05, 0) is 33.1 Å². The SMILES string of the molecule is CN(CC(=O)CCC1CC1)C(=O)OC(C)(C)C. The molecule has 1 aliphatic rings. The number of nitrogens with zero attached hydrogens (tertiary/aromatic N) is 1. The van der Waals surface area contributed by atoms with Crippen molar-refractivity contribution < 1.29 is 14.3 Å². The zero-order valence-corrected chi connectivity index (χ0v) is 11.3. The van der Waals surface area contributed by atoms with Gasteiger partial charge >= 0.3 is 6.09 Å². The molecule has 0 saturated heterocycles. The second-order valence-corrected chi connectivity index (χ2v) is 5.86. The van der Waals surface area contributed by atoms with Crippen LogP contribution in [0.4, 0.5) is 4.79 Å². The number of carbonyl (C=O) groups is 2. The van der Waals surface area contributed by atoms with Crippen LogP contribution in [-0.2, 0) is 9.53 Å². The van der Waals surface area contributed by atoms with E-state index in [1.807, 2.05) is 20.8 Å². The fraction of sp³-hybridized carbons (Fsp3) is 0.846. The third kappa shape index (κ3) is 6.29. The molecule has 4 heteroatoms. The quantitative estimate of drug-likeness (QED) is 0.743.